The molecule has 1 aromatic heterocycles. The maximum Gasteiger partial charge on any atom is 0.125 e. The summed E-state index contributed by atoms with van der Waals surface area (Å²) in [5.41, 5.74) is 6.12. The lowest BCUT2D eigenvalue weighted by molar-refractivity contribution is 0.351. The zero-order valence-corrected chi connectivity index (χ0v) is 12.0. The summed E-state index contributed by atoms with van der Waals surface area (Å²) in [7, 11) is 1.95. The van der Waals surface area contributed by atoms with Crippen molar-refractivity contribution >= 4 is 11.6 Å². The van der Waals surface area contributed by atoms with Gasteiger partial charge in [-0.25, -0.2) is 4.98 Å². The summed E-state index contributed by atoms with van der Waals surface area (Å²) in [5.74, 6) is 6.65. The summed E-state index contributed by atoms with van der Waals surface area (Å²) < 4.78 is 7.68. The molecule has 1 unspecified atom stereocenters. The van der Waals surface area contributed by atoms with E-state index in [9.17, 15) is 0 Å². The molecule has 0 amide bonds. The molecule has 0 saturated heterocycles. The summed E-state index contributed by atoms with van der Waals surface area (Å²) in [6.07, 6.45) is 5.20. The third-order valence-corrected chi connectivity index (χ3v) is 3.88. The van der Waals surface area contributed by atoms with E-state index in [-0.39, 0.29) is 6.04 Å². The number of hydrazine groups is 1. The minimum atomic E-state index is -0.0331. The largest absolute Gasteiger partial charge is 0.493 e. The molecule has 2 heterocycles. The molecule has 0 spiro atoms. The van der Waals surface area contributed by atoms with Gasteiger partial charge in [0.2, 0.25) is 0 Å². The van der Waals surface area contributed by atoms with Gasteiger partial charge in [-0.1, -0.05) is 11.6 Å². The number of hydrogen-bond donors (Lipinski definition) is 2. The minimum absolute atomic E-state index is 0.0331. The fraction of sp³-hybridized carbons (Fsp3) is 0.357. The number of aromatic nitrogens is 2. The van der Waals surface area contributed by atoms with Crippen molar-refractivity contribution < 1.29 is 4.74 Å². The maximum absolute atomic E-state index is 6.19. The van der Waals surface area contributed by atoms with Crippen LogP contribution in [0.5, 0.6) is 5.75 Å². The van der Waals surface area contributed by atoms with Crippen LogP contribution in [0, 0.1) is 0 Å². The number of nitrogens with two attached hydrogens (primary N) is 1. The third kappa shape index (κ3) is 2.40. The van der Waals surface area contributed by atoms with E-state index in [4.69, 9.17) is 22.2 Å². The molecule has 1 aromatic carbocycles. The number of nitrogens with one attached hydrogen (secondary N) is 1. The summed E-state index contributed by atoms with van der Waals surface area (Å²) in [6.45, 7) is 0.717. The second-order valence-electron chi connectivity index (χ2n) is 5.00. The highest BCUT2D eigenvalue weighted by atomic mass is 35.5. The lowest BCUT2D eigenvalue weighted by Gasteiger charge is -2.18. The van der Waals surface area contributed by atoms with Gasteiger partial charge in [0.25, 0.3) is 0 Å². The molecule has 2 aromatic rings. The number of rotatable bonds is 4. The van der Waals surface area contributed by atoms with Gasteiger partial charge in [-0.2, -0.15) is 0 Å². The Kier molecular flexibility index (Phi) is 3.65. The highest BCUT2D eigenvalue weighted by molar-refractivity contribution is 6.30. The Hall–Kier alpha value is -1.56. The lowest BCUT2D eigenvalue weighted by Crippen LogP contribution is -2.31. The molecule has 20 heavy (non-hydrogen) atoms. The average Bonchev–Trinajstić information content (AvgIpc) is 3.04. The molecule has 3 rings (SSSR count). The minimum Gasteiger partial charge on any atom is -0.493 e. The van der Waals surface area contributed by atoms with Gasteiger partial charge in [-0.15, -0.1) is 0 Å². The van der Waals surface area contributed by atoms with Crippen molar-refractivity contribution in [1.29, 1.82) is 0 Å². The summed E-state index contributed by atoms with van der Waals surface area (Å²) in [5, 5.41) is 0.741. The Labute approximate surface area is 122 Å². The second-order valence-corrected chi connectivity index (χ2v) is 5.44. The van der Waals surface area contributed by atoms with Gasteiger partial charge in [0.15, 0.2) is 0 Å². The van der Waals surface area contributed by atoms with Crippen LogP contribution in [0.4, 0.5) is 0 Å². The molecule has 5 nitrogen and oxygen atoms in total. The summed E-state index contributed by atoms with van der Waals surface area (Å²) >= 11 is 6.19. The zero-order valence-electron chi connectivity index (χ0n) is 11.3. The first kappa shape index (κ1) is 13.4. The molecule has 0 bridgehead atoms. The molecule has 1 aliphatic heterocycles. The van der Waals surface area contributed by atoms with Crippen LogP contribution in [0.15, 0.2) is 24.7 Å². The van der Waals surface area contributed by atoms with Crippen LogP contribution in [-0.2, 0) is 19.9 Å². The Morgan fingerprint density at radius 1 is 1.55 bits per heavy atom. The molecule has 0 fully saturated rings. The Balaban J connectivity index is 1.92. The number of ether oxygens (including phenoxy) is 1. The van der Waals surface area contributed by atoms with Gasteiger partial charge in [-0.3, -0.25) is 11.3 Å². The first-order valence-electron chi connectivity index (χ1n) is 6.55. The van der Waals surface area contributed by atoms with Crippen LogP contribution in [0.25, 0.3) is 0 Å². The van der Waals surface area contributed by atoms with Crippen molar-refractivity contribution in [2.45, 2.75) is 18.9 Å². The number of benzene rings is 1. The van der Waals surface area contributed by atoms with Gasteiger partial charge < -0.3 is 9.30 Å². The van der Waals surface area contributed by atoms with E-state index in [0.717, 1.165) is 35.1 Å². The maximum atomic E-state index is 6.19. The molecule has 1 aliphatic rings. The van der Waals surface area contributed by atoms with Crippen LogP contribution in [0.2, 0.25) is 5.02 Å². The SMILES string of the molecule is Cn1cncc1C(Cc1cc(Cl)cc2c1OCC2)NN. The quantitative estimate of drug-likeness (QED) is 0.666. The summed E-state index contributed by atoms with van der Waals surface area (Å²) in [6, 6.07) is 3.89. The van der Waals surface area contributed by atoms with Crippen molar-refractivity contribution in [2.75, 3.05) is 6.61 Å². The van der Waals surface area contributed by atoms with E-state index in [2.05, 4.69) is 10.4 Å². The lowest BCUT2D eigenvalue weighted by atomic mass is 10.0. The molecule has 106 valence electrons. The van der Waals surface area contributed by atoms with Crippen molar-refractivity contribution in [3.8, 4) is 5.75 Å². The topological polar surface area (TPSA) is 65.1 Å². The zero-order chi connectivity index (χ0) is 14.1. The van der Waals surface area contributed by atoms with Crippen LogP contribution < -0.4 is 16.0 Å². The number of imidazole rings is 1. The molecular weight excluding hydrogens is 276 g/mol. The average molecular weight is 293 g/mol. The fourth-order valence-corrected chi connectivity index (χ4v) is 2.93. The van der Waals surface area contributed by atoms with Crippen molar-refractivity contribution in [1.82, 2.24) is 15.0 Å². The van der Waals surface area contributed by atoms with Crippen LogP contribution >= 0.6 is 11.6 Å². The Morgan fingerprint density at radius 3 is 3.10 bits per heavy atom. The fourth-order valence-electron chi connectivity index (χ4n) is 2.67. The standard InChI is InChI=1S/C14H17ClN4O/c1-19-8-17-7-13(19)12(18-16)6-10-5-11(15)4-9-2-3-20-14(9)10/h4-5,7-8,12,18H,2-3,6,16H2,1H3. The molecule has 3 N–H and O–H groups in total. The highest BCUT2D eigenvalue weighted by Gasteiger charge is 2.21. The number of nitrogens with zero attached hydrogens (tertiary/aromatic N) is 2. The van der Waals surface area contributed by atoms with E-state index in [0.29, 0.717) is 6.42 Å². The third-order valence-electron chi connectivity index (χ3n) is 3.66. The van der Waals surface area contributed by atoms with Crippen LogP contribution in [0.1, 0.15) is 22.9 Å². The number of aryl methyl sites for hydroxylation is 1. The molecule has 0 aliphatic carbocycles. The van der Waals surface area contributed by atoms with Gasteiger partial charge in [0, 0.05) is 24.7 Å². The first-order chi connectivity index (χ1) is 9.69. The number of fused-ring (bicyclic) bond motifs is 1. The highest BCUT2D eigenvalue weighted by Crippen LogP contribution is 2.35. The van der Waals surface area contributed by atoms with Crippen molar-refractivity contribution in [3.05, 3.63) is 46.5 Å². The molecule has 0 saturated carbocycles. The van der Waals surface area contributed by atoms with Crippen molar-refractivity contribution in [3.63, 3.8) is 0 Å². The monoisotopic (exact) mass is 292 g/mol. The van der Waals surface area contributed by atoms with E-state index < -0.39 is 0 Å². The Bertz CT molecular complexity index is 626. The van der Waals surface area contributed by atoms with E-state index in [1.54, 1.807) is 6.33 Å². The first-order valence-corrected chi connectivity index (χ1v) is 6.93. The smallest absolute Gasteiger partial charge is 0.125 e. The predicted molar refractivity (Wildman–Crippen MR) is 77.6 cm³/mol. The van der Waals surface area contributed by atoms with Crippen LogP contribution in [0.3, 0.4) is 0 Å². The Morgan fingerprint density at radius 2 is 2.40 bits per heavy atom. The van der Waals surface area contributed by atoms with Gasteiger partial charge in [0.1, 0.15) is 5.75 Å². The van der Waals surface area contributed by atoms with E-state index in [1.807, 2.05) is 29.9 Å². The molecular formula is C14H17ClN4O. The van der Waals surface area contributed by atoms with Crippen LogP contribution in [-0.4, -0.2) is 16.2 Å². The number of hydrogen-bond acceptors (Lipinski definition) is 4. The number of halogens is 1. The van der Waals surface area contributed by atoms with E-state index >= 15 is 0 Å². The molecule has 1 atom stereocenters. The molecule has 6 heteroatoms. The molecule has 0 radical (unpaired) electrons. The van der Waals surface area contributed by atoms with Gasteiger partial charge >= 0.3 is 0 Å². The predicted octanol–water partition coefficient (Wildman–Crippen LogP) is 1.76. The van der Waals surface area contributed by atoms with Gasteiger partial charge in [-0.05, 0) is 29.7 Å². The van der Waals surface area contributed by atoms with Gasteiger partial charge in [0.05, 0.1) is 24.7 Å². The normalized spacial score (nSPS) is 14.9. The second kappa shape index (κ2) is 5.44. The van der Waals surface area contributed by atoms with Crippen molar-refractivity contribution in [2.24, 2.45) is 12.9 Å². The summed E-state index contributed by atoms with van der Waals surface area (Å²) in [4.78, 5) is 4.13. The van der Waals surface area contributed by atoms with E-state index in [1.165, 1.54) is 5.56 Å².